The lowest BCUT2D eigenvalue weighted by molar-refractivity contribution is 0.134. The Bertz CT molecular complexity index is 745. The van der Waals surface area contributed by atoms with Gasteiger partial charge in [-0.2, -0.15) is 0 Å². The minimum Gasteiger partial charge on any atom is -0.497 e. The molecule has 0 aliphatic rings. The minimum atomic E-state index is 0.601. The Kier molecular flexibility index (Phi) is 9.15. The van der Waals surface area contributed by atoms with Crippen LogP contribution < -0.4 is 20.1 Å². The average molecular weight is 386 g/mol. The molecule has 2 rings (SSSR count). The third-order valence-corrected chi connectivity index (χ3v) is 4.20. The summed E-state index contributed by atoms with van der Waals surface area (Å²) < 4.78 is 16.1. The molecule has 0 aliphatic carbocycles. The number of nitrogens with one attached hydrogen (secondary N) is 2. The van der Waals surface area contributed by atoms with Crippen molar-refractivity contribution in [3.63, 3.8) is 0 Å². The Labute approximate surface area is 167 Å². The fourth-order valence-corrected chi connectivity index (χ4v) is 2.65. The first kappa shape index (κ1) is 21.6. The second kappa shape index (κ2) is 11.9. The molecule has 6 heteroatoms. The summed E-state index contributed by atoms with van der Waals surface area (Å²) in [6, 6.07) is 14.2. The molecular formula is C22H31N3O3. The summed E-state index contributed by atoms with van der Waals surface area (Å²) in [5.74, 6) is 2.32. The molecule has 2 N–H and O–H groups in total. The van der Waals surface area contributed by atoms with E-state index in [4.69, 9.17) is 14.2 Å². The lowest BCUT2D eigenvalue weighted by atomic mass is 10.1. The number of nitrogens with zero attached hydrogens (tertiary/aromatic N) is 1. The Morgan fingerprint density at radius 2 is 1.68 bits per heavy atom. The van der Waals surface area contributed by atoms with E-state index in [1.807, 2.05) is 32.0 Å². The molecule has 152 valence electrons. The van der Waals surface area contributed by atoms with Gasteiger partial charge in [0, 0.05) is 31.3 Å². The molecule has 6 nitrogen and oxygen atoms in total. The third-order valence-electron chi connectivity index (χ3n) is 4.20. The molecule has 0 atom stereocenters. The number of ether oxygens (including phenoxy) is 3. The van der Waals surface area contributed by atoms with E-state index in [2.05, 4.69) is 39.9 Å². The van der Waals surface area contributed by atoms with E-state index in [9.17, 15) is 0 Å². The van der Waals surface area contributed by atoms with Crippen molar-refractivity contribution < 1.29 is 14.2 Å². The normalized spacial score (nSPS) is 11.2. The summed E-state index contributed by atoms with van der Waals surface area (Å²) in [6.45, 7) is 7.42. The Hall–Kier alpha value is -2.73. The maximum Gasteiger partial charge on any atom is 0.191 e. The van der Waals surface area contributed by atoms with Gasteiger partial charge in [-0.3, -0.25) is 0 Å². The highest BCUT2D eigenvalue weighted by molar-refractivity contribution is 5.79. The van der Waals surface area contributed by atoms with Crippen LogP contribution in [0.15, 0.2) is 47.5 Å². The van der Waals surface area contributed by atoms with E-state index in [0.717, 1.165) is 41.7 Å². The van der Waals surface area contributed by atoms with Crippen LogP contribution in [0.5, 0.6) is 11.5 Å². The fourth-order valence-electron chi connectivity index (χ4n) is 2.65. The molecule has 0 bridgehead atoms. The van der Waals surface area contributed by atoms with Crippen LogP contribution in [-0.2, 0) is 24.4 Å². The molecule has 0 radical (unpaired) electrons. The van der Waals surface area contributed by atoms with E-state index in [-0.39, 0.29) is 0 Å². The molecule has 2 aromatic carbocycles. The number of hydrogen-bond acceptors (Lipinski definition) is 4. The second-order valence-electron chi connectivity index (χ2n) is 6.18. The molecule has 28 heavy (non-hydrogen) atoms. The number of benzene rings is 2. The zero-order chi connectivity index (χ0) is 20.2. The van der Waals surface area contributed by atoms with Crippen molar-refractivity contribution in [1.82, 2.24) is 10.6 Å². The van der Waals surface area contributed by atoms with Gasteiger partial charge in [0.25, 0.3) is 0 Å². The van der Waals surface area contributed by atoms with Crippen molar-refractivity contribution in [2.24, 2.45) is 4.99 Å². The van der Waals surface area contributed by atoms with Gasteiger partial charge in [0.15, 0.2) is 5.96 Å². The molecule has 0 saturated heterocycles. The molecule has 0 aliphatic heterocycles. The highest BCUT2D eigenvalue weighted by Crippen LogP contribution is 2.24. The summed E-state index contributed by atoms with van der Waals surface area (Å²) >= 11 is 0. The van der Waals surface area contributed by atoms with E-state index in [0.29, 0.717) is 19.7 Å². The second-order valence-corrected chi connectivity index (χ2v) is 6.18. The van der Waals surface area contributed by atoms with Gasteiger partial charge in [0.2, 0.25) is 0 Å². The zero-order valence-electron chi connectivity index (χ0n) is 17.2. The van der Waals surface area contributed by atoms with Gasteiger partial charge in [0.1, 0.15) is 11.5 Å². The van der Waals surface area contributed by atoms with E-state index in [1.54, 1.807) is 14.2 Å². The maximum atomic E-state index is 5.46. The molecule has 0 spiro atoms. The summed E-state index contributed by atoms with van der Waals surface area (Å²) in [6.07, 6.45) is 0. The monoisotopic (exact) mass is 385 g/mol. The van der Waals surface area contributed by atoms with Gasteiger partial charge >= 0.3 is 0 Å². The topological polar surface area (TPSA) is 64.1 Å². The van der Waals surface area contributed by atoms with Gasteiger partial charge in [-0.15, -0.1) is 0 Å². The minimum absolute atomic E-state index is 0.601. The van der Waals surface area contributed by atoms with Crippen molar-refractivity contribution in [3.8, 4) is 11.5 Å². The Morgan fingerprint density at radius 3 is 2.32 bits per heavy atom. The quantitative estimate of drug-likeness (QED) is 0.484. The van der Waals surface area contributed by atoms with Crippen molar-refractivity contribution in [2.45, 2.75) is 33.5 Å². The zero-order valence-corrected chi connectivity index (χ0v) is 17.2. The molecule has 0 unspecified atom stereocenters. The predicted octanol–water partition coefficient (Wildman–Crippen LogP) is 3.50. The molecule has 0 saturated carbocycles. The van der Waals surface area contributed by atoms with Crippen molar-refractivity contribution in [2.75, 3.05) is 27.4 Å². The van der Waals surface area contributed by atoms with Gasteiger partial charge < -0.3 is 24.8 Å². The number of guanidine groups is 1. The molecule has 0 heterocycles. The predicted molar refractivity (Wildman–Crippen MR) is 113 cm³/mol. The van der Waals surface area contributed by atoms with Gasteiger partial charge in [-0.25, -0.2) is 4.99 Å². The van der Waals surface area contributed by atoms with Crippen LogP contribution in [0.3, 0.4) is 0 Å². The number of rotatable bonds is 10. The first-order valence-corrected chi connectivity index (χ1v) is 9.58. The average Bonchev–Trinajstić information content (AvgIpc) is 2.74. The Morgan fingerprint density at radius 1 is 0.929 bits per heavy atom. The van der Waals surface area contributed by atoms with Gasteiger partial charge in [-0.05, 0) is 37.1 Å². The first-order valence-electron chi connectivity index (χ1n) is 9.58. The summed E-state index contributed by atoms with van der Waals surface area (Å²) in [4.78, 5) is 4.68. The first-order chi connectivity index (χ1) is 13.7. The van der Waals surface area contributed by atoms with Crippen LogP contribution >= 0.6 is 0 Å². The van der Waals surface area contributed by atoms with Crippen LogP contribution in [0.2, 0.25) is 0 Å². The van der Waals surface area contributed by atoms with Crippen molar-refractivity contribution >= 4 is 5.96 Å². The third kappa shape index (κ3) is 6.78. The van der Waals surface area contributed by atoms with E-state index < -0.39 is 0 Å². The van der Waals surface area contributed by atoms with E-state index in [1.165, 1.54) is 5.56 Å². The SMILES string of the molecule is CCNC(=NCc1ccc(COCC)cc1)NCc1ccc(OC)cc1OC. The van der Waals surface area contributed by atoms with Crippen LogP contribution in [0.4, 0.5) is 0 Å². The summed E-state index contributed by atoms with van der Waals surface area (Å²) in [5, 5.41) is 6.63. The highest BCUT2D eigenvalue weighted by Gasteiger charge is 2.06. The van der Waals surface area contributed by atoms with Crippen LogP contribution in [0.25, 0.3) is 0 Å². The van der Waals surface area contributed by atoms with Crippen LogP contribution in [0.1, 0.15) is 30.5 Å². The number of methoxy groups -OCH3 is 2. The molecular weight excluding hydrogens is 354 g/mol. The molecule has 0 amide bonds. The maximum absolute atomic E-state index is 5.46. The summed E-state index contributed by atoms with van der Waals surface area (Å²) in [7, 11) is 3.30. The van der Waals surface area contributed by atoms with Crippen LogP contribution in [0, 0.1) is 0 Å². The van der Waals surface area contributed by atoms with Crippen molar-refractivity contribution in [3.05, 3.63) is 59.2 Å². The fraction of sp³-hybridized carbons (Fsp3) is 0.409. The standard InChI is InChI=1S/C22H31N3O3/c1-5-23-22(24-14-17-7-9-18(10-8-17)16-28-6-2)25-15-19-11-12-20(26-3)13-21(19)27-4/h7-13H,5-6,14-16H2,1-4H3,(H2,23,24,25). The van der Waals surface area contributed by atoms with Gasteiger partial charge in [0.05, 0.1) is 27.4 Å². The molecule has 0 aromatic heterocycles. The van der Waals surface area contributed by atoms with Crippen molar-refractivity contribution in [1.29, 1.82) is 0 Å². The lowest BCUT2D eigenvalue weighted by Gasteiger charge is -2.14. The summed E-state index contributed by atoms with van der Waals surface area (Å²) in [5.41, 5.74) is 3.36. The molecule has 0 fully saturated rings. The van der Waals surface area contributed by atoms with Crippen LogP contribution in [-0.4, -0.2) is 33.3 Å². The molecule has 2 aromatic rings. The highest BCUT2D eigenvalue weighted by atomic mass is 16.5. The van der Waals surface area contributed by atoms with Gasteiger partial charge in [-0.1, -0.05) is 24.3 Å². The Balaban J connectivity index is 1.98. The largest absolute Gasteiger partial charge is 0.497 e. The van der Waals surface area contributed by atoms with E-state index >= 15 is 0 Å². The number of aliphatic imine (C=N–C) groups is 1. The lowest BCUT2D eigenvalue weighted by Crippen LogP contribution is -2.36. The number of hydrogen-bond donors (Lipinski definition) is 2. The smallest absolute Gasteiger partial charge is 0.191 e.